The van der Waals surface area contributed by atoms with E-state index in [-0.39, 0.29) is 23.4 Å². The first-order valence-corrected chi connectivity index (χ1v) is 10.1. The van der Waals surface area contributed by atoms with Gasteiger partial charge in [-0.25, -0.2) is 13.2 Å². The summed E-state index contributed by atoms with van der Waals surface area (Å²) in [7, 11) is 0. The molecule has 0 radical (unpaired) electrons. The number of nitrogens with one attached hydrogen (secondary N) is 2. The summed E-state index contributed by atoms with van der Waals surface area (Å²) in [6.07, 6.45) is 2.57. The van der Waals surface area contributed by atoms with E-state index in [0.717, 1.165) is 6.07 Å². The lowest BCUT2D eigenvalue weighted by molar-refractivity contribution is -0.126. The van der Waals surface area contributed by atoms with Gasteiger partial charge in [-0.3, -0.25) is 4.79 Å². The number of H-pyrrole nitrogens is 1. The van der Waals surface area contributed by atoms with Gasteiger partial charge in [-0.1, -0.05) is 0 Å². The molecule has 4 rings (SSSR count). The van der Waals surface area contributed by atoms with E-state index >= 15 is 0 Å². The highest BCUT2D eigenvalue weighted by molar-refractivity contribution is 5.91. The Labute approximate surface area is 172 Å². The van der Waals surface area contributed by atoms with Gasteiger partial charge in [0.2, 0.25) is 5.91 Å². The minimum absolute atomic E-state index is 0.0672. The summed E-state index contributed by atoms with van der Waals surface area (Å²) >= 11 is 0. The van der Waals surface area contributed by atoms with Crippen LogP contribution in [0.4, 0.5) is 13.2 Å². The number of fused-ring (bicyclic) bond motifs is 1. The number of aliphatic hydroxyl groups is 1. The van der Waals surface area contributed by atoms with E-state index in [2.05, 4.69) is 10.3 Å². The van der Waals surface area contributed by atoms with Gasteiger partial charge in [-0.05, 0) is 73.6 Å². The molecule has 0 spiro atoms. The first-order valence-electron chi connectivity index (χ1n) is 10.1. The van der Waals surface area contributed by atoms with E-state index in [1.165, 1.54) is 18.2 Å². The van der Waals surface area contributed by atoms with Crippen molar-refractivity contribution in [2.75, 3.05) is 6.54 Å². The Bertz CT molecular complexity index is 1050. The van der Waals surface area contributed by atoms with E-state index < -0.39 is 17.5 Å². The topological polar surface area (TPSA) is 65.1 Å². The van der Waals surface area contributed by atoms with Gasteiger partial charge in [0.1, 0.15) is 17.5 Å². The molecule has 0 saturated heterocycles. The maximum absolute atomic E-state index is 14.3. The molecule has 158 valence electrons. The zero-order chi connectivity index (χ0) is 21.3. The number of halogens is 3. The molecule has 4 nitrogen and oxygen atoms in total. The van der Waals surface area contributed by atoms with Gasteiger partial charge in [0.15, 0.2) is 0 Å². The Kier molecular flexibility index (Phi) is 5.81. The third kappa shape index (κ3) is 4.21. The molecular weight excluding hydrogens is 393 g/mol. The molecule has 7 heteroatoms. The van der Waals surface area contributed by atoms with Gasteiger partial charge < -0.3 is 15.4 Å². The van der Waals surface area contributed by atoms with Crippen LogP contribution in [0.5, 0.6) is 0 Å². The van der Waals surface area contributed by atoms with Crippen molar-refractivity contribution in [3.05, 3.63) is 59.4 Å². The number of aromatic amines is 1. The molecule has 30 heavy (non-hydrogen) atoms. The molecule has 3 aromatic rings. The second-order valence-corrected chi connectivity index (χ2v) is 7.84. The fraction of sp³-hybridized carbons (Fsp3) is 0.348. The van der Waals surface area contributed by atoms with Crippen molar-refractivity contribution in [1.82, 2.24) is 10.3 Å². The van der Waals surface area contributed by atoms with Crippen molar-refractivity contribution in [3.63, 3.8) is 0 Å². The van der Waals surface area contributed by atoms with Crippen LogP contribution in [0.15, 0.2) is 36.4 Å². The largest absolute Gasteiger partial charge is 0.393 e. The van der Waals surface area contributed by atoms with Gasteiger partial charge in [-0.15, -0.1) is 0 Å². The van der Waals surface area contributed by atoms with Gasteiger partial charge in [-0.2, -0.15) is 0 Å². The average molecular weight is 416 g/mol. The highest BCUT2D eigenvalue weighted by Gasteiger charge is 2.25. The molecule has 3 N–H and O–H groups in total. The average Bonchev–Trinajstić information content (AvgIpc) is 3.08. The van der Waals surface area contributed by atoms with Crippen LogP contribution in [0, 0.1) is 23.4 Å². The molecule has 1 aliphatic carbocycles. The number of aromatic nitrogens is 1. The molecule has 1 heterocycles. The number of rotatable bonds is 5. The number of amides is 1. The minimum Gasteiger partial charge on any atom is -0.393 e. The van der Waals surface area contributed by atoms with Crippen LogP contribution in [0.2, 0.25) is 0 Å². The fourth-order valence-electron chi connectivity index (χ4n) is 4.19. The van der Waals surface area contributed by atoms with E-state index in [1.54, 1.807) is 12.1 Å². The minimum atomic E-state index is -0.704. The molecule has 0 atom stereocenters. The van der Waals surface area contributed by atoms with Crippen molar-refractivity contribution in [2.45, 2.75) is 38.2 Å². The number of hydrogen-bond acceptors (Lipinski definition) is 2. The zero-order valence-corrected chi connectivity index (χ0v) is 16.4. The Morgan fingerprint density at radius 1 is 1.03 bits per heavy atom. The quantitative estimate of drug-likeness (QED) is 0.575. The van der Waals surface area contributed by atoms with E-state index in [9.17, 15) is 23.1 Å². The van der Waals surface area contributed by atoms with E-state index in [4.69, 9.17) is 0 Å². The smallest absolute Gasteiger partial charge is 0.223 e. The molecule has 1 fully saturated rings. The van der Waals surface area contributed by atoms with Crippen molar-refractivity contribution >= 4 is 16.8 Å². The van der Waals surface area contributed by atoms with Crippen molar-refractivity contribution in [2.24, 2.45) is 5.92 Å². The molecule has 1 aliphatic rings. The van der Waals surface area contributed by atoms with Gasteiger partial charge >= 0.3 is 0 Å². The lowest BCUT2D eigenvalue weighted by Gasteiger charge is -2.24. The monoisotopic (exact) mass is 416 g/mol. The molecule has 0 bridgehead atoms. The van der Waals surface area contributed by atoms with Crippen LogP contribution in [0.1, 0.15) is 31.2 Å². The lowest BCUT2D eigenvalue weighted by atomic mass is 9.87. The second kappa shape index (κ2) is 8.52. The number of aliphatic hydroxyl groups excluding tert-OH is 1. The van der Waals surface area contributed by atoms with Crippen LogP contribution in [0.25, 0.3) is 22.2 Å². The normalized spacial score (nSPS) is 19.2. The highest BCUT2D eigenvalue weighted by atomic mass is 19.1. The van der Waals surface area contributed by atoms with Gasteiger partial charge in [0.05, 0.1) is 11.6 Å². The van der Waals surface area contributed by atoms with Gasteiger partial charge in [0.25, 0.3) is 0 Å². The predicted molar refractivity (Wildman–Crippen MR) is 108 cm³/mol. The van der Waals surface area contributed by atoms with Crippen molar-refractivity contribution in [3.8, 4) is 11.3 Å². The number of hydrogen-bond donors (Lipinski definition) is 3. The summed E-state index contributed by atoms with van der Waals surface area (Å²) in [4.78, 5) is 15.4. The van der Waals surface area contributed by atoms with Crippen molar-refractivity contribution in [1.29, 1.82) is 0 Å². The molecular formula is C23H23F3N2O2. The summed E-state index contributed by atoms with van der Waals surface area (Å²) < 4.78 is 41.5. The number of carbonyl (C=O) groups excluding carboxylic acids is 1. The number of benzene rings is 2. The van der Waals surface area contributed by atoms with Crippen LogP contribution in [-0.2, 0) is 11.2 Å². The highest BCUT2D eigenvalue weighted by Crippen LogP contribution is 2.33. The maximum Gasteiger partial charge on any atom is 0.223 e. The predicted octanol–water partition coefficient (Wildman–Crippen LogP) is 4.46. The molecule has 2 aromatic carbocycles. The molecule has 1 saturated carbocycles. The standard InChI is InChI=1S/C23H23F3N2O2/c24-15-5-1-13(2-6-15)21-18(19-11-16(25)12-20(26)22(19)28-21)9-10-27-23(30)14-3-7-17(29)8-4-14/h1-2,5-6,11-12,14,17,28-29H,3-4,7-10H2,(H,27,30)/t14-,17-. The van der Waals surface area contributed by atoms with Crippen LogP contribution in [-0.4, -0.2) is 28.6 Å². The summed E-state index contributed by atoms with van der Waals surface area (Å²) in [5.41, 5.74) is 2.06. The summed E-state index contributed by atoms with van der Waals surface area (Å²) in [6.45, 7) is 0.303. The Balaban J connectivity index is 1.58. The zero-order valence-electron chi connectivity index (χ0n) is 16.4. The summed E-state index contributed by atoms with van der Waals surface area (Å²) in [6, 6.07) is 7.84. The van der Waals surface area contributed by atoms with Crippen LogP contribution < -0.4 is 5.32 Å². The first kappa shape index (κ1) is 20.5. The Morgan fingerprint density at radius 3 is 2.43 bits per heavy atom. The summed E-state index contributed by atoms with van der Waals surface area (Å²) in [5, 5.41) is 12.9. The van der Waals surface area contributed by atoms with E-state index in [0.29, 0.717) is 60.9 Å². The van der Waals surface area contributed by atoms with Crippen LogP contribution >= 0.6 is 0 Å². The third-order valence-electron chi connectivity index (χ3n) is 5.81. The maximum atomic E-state index is 14.3. The third-order valence-corrected chi connectivity index (χ3v) is 5.81. The fourth-order valence-corrected chi connectivity index (χ4v) is 4.19. The Hall–Kier alpha value is -2.80. The van der Waals surface area contributed by atoms with Crippen molar-refractivity contribution < 1.29 is 23.1 Å². The molecule has 1 aromatic heterocycles. The first-order chi connectivity index (χ1) is 14.4. The van der Waals surface area contributed by atoms with Gasteiger partial charge in [0, 0.05) is 29.6 Å². The number of carbonyl (C=O) groups is 1. The van der Waals surface area contributed by atoms with Crippen LogP contribution in [0.3, 0.4) is 0 Å². The molecule has 0 unspecified atom stereocenters. The molecule has 1 amide bonds. The Morgan fingerprint density at radius 2 is 1.73 bits per heavy atom. The SMILES string of the molecule is O=C(NCCc1c(-c2ccc(F)cc2)[nH]c2c(F)cc(F)cc12)[C@H]1CC[C@H](O)CC1. The molecule has 0 aliphatic heterocycles. The summed E-state index contributed by atoms with van der Waals surface area (Å²) in [5.74, 6) is -1.97. The lowest BCUT2D eigenvalue weighted by Crippen LogP contribution is -2.35. The second-order valence-electron chi connectivity index (χ2n) is 7.84. The van der Waals surface area contributed by atoms with E-state index in [1.807, 2.05) is 0 Å².